The van der Waals surface area contributed by atoms with Gasteiger partial charge >= 0.3 is 0 Å². The van der Waals surface area contributed by atoms with Crippen LogP contribution in [0.5, 0.6) is 0 Å². The zero-order valence-corrected chi connectivity index (χ0v) is 18.4. The highest BCUT2D eigenvalue weighted by atomic mass is 127. The van der Waals surface area contributed by atoms with Crippen LogP contribution in [-0.4, -0.2) is 53.7 Å². The molecule has 0 aliphatic carbocycles. The van der Waals surface area contributed by atoms with Gasteiger partial charge in [0.25, 0.3) is 0 Å². The third kappa shape index (κ3) is 4.99. The first-order valence-electron chi connectivity index (χ1n) is 8.14. The van der Waals surface area contributed by atoms with E-state index >= 15 is 0 Å². The number of guanidine groups is 1. The molecule has 0 amide bonds. The Morgan fingerprint density at radius 3 is 2.65 bits per heavy atom. The molecule has 1 aromatic carbocycles. The minimum absolute atomic E-state index is 0. The molecule has 1 aliphatic heterocycles. The van der Waals surface area contributed by atoms with Crippen molar-refractivity contribution in [2.24, 2.45) is 10.7 Å². The highest BCUT2D eigenvalue weighted by Gasteiger charge is 2.26. The molecule has 0 saturated carbocycles. The van der Waals surface area contributed by atoms with Crippen LogP contribution in [0.25, 0.3) is 0 Å². The lowest BCUT2D eigenvalue weighted by Gasteiger charge is -2.35. The summed E-state index contributed by atoms with van der Waals surface area (Å²) < 4.78 is 0. The van der Waals surface area contributed by atoms with E-state index < -0.39 is 5.60 Å². The van der Waals surface area contributed by atoms with Gasteiger partial charge in [-0.3, -0.25) is 0 Å². The van der Waals surface area contributed by atoms with Gasteiger partial charge in [-0.05, 0) is 13.0 Å². The number of rotatable bonds is 4. The summed E-state index contributed by atoms with van der Waals surface area (Å²) in [7, 11) is 0. The van der Waals surface area contributed by atoms with Crippen LogP contribution in [0.15, 0.2) is 40.8 Å². The predicted molar refractivity (Wildman–Crippen MR) is 119 cm³/mol. The van der Waals surface area contributed by atoms with Crippen LogP contribution < -0.4 is 10.6 Å². The maximum atomic E-state index is 10.7. The van der Waals surface area contributed by atoms with E-state index in [0.29, 0.717) is 16.5 Å². The Bertz CT molecular complexity index is 733. The summed E-state index contributed by atoms with van der Waals surface area (Å²) in [6, 6.07) is 7.25. The molecule has 2 aromatic rings. The number of hydrogen-bond acceptors (Lipinski definition) is 5. The summed E-state index contributed by atoms with van der Waals surface area (Å²) >= 11 is 7.82. The third-order valence-corrected chi connectivity index (χ3v) is 5.46. The molecule has 142 valence electrons. The van der Waals surface area contributed by atoms with Crippen molar-refractivity contribution in [2.75, 3.05) is 37.6 Å². The van der Waals surface area contributed by atoms with Gasteiger partial charge in [0.2, 0.25) is 0 Å². The van der Waals surface area contributed by atoms with E-state index in [0.717, 1.165) is 31.3 Å². The molecule has 2 heterocycles. The fraction of sp³-hybridized carbons (Fsp3) is 0.412. The Labute approximate surface area is 179 Å². The van der Waals surface area contributed by atoms with Crippen LogP contribution in [0.2, 0.25) is 5.02 Å². The summed E-state index contributed by atoms with van der Waals surface area (Å²) in [6.45, 7) is 5.13. The second-order valence-corrected chi connectivity index (χ2v) is 7.50. The lowest BCUT2D eigenvalue weighted by atomic mass is 9.96. The smallest absolute Gasteiger partial charge is 0.191 e. The maximum absolute atomic E-state index is 10.7. The summed E-state index contributed by atoms with van der Waals surface area (Å²) in [5, 5.41) is 14.2. The Morgan fingerprint density at radius 1 is 1.35 bits per heavy atom. The maximum Gasteiger partial charge on any atom is 0.191 e. The number of aliphatic hydroxyl groups is 1. The van der Waals surface area contributed by atoms with E-state index in [1.165, 1.54) is 0 Å². The van der Waals surface area contributed by atoms with Crippen molar-refractivity contribution in [3.8, 4) is 0 Å². The Hall–Kier alpha value is -1.10. The van der Waals surface area contributed by atoms with Gasteiger partial charge in [-0.1, -0.05) is 29.8 Å². The monoisotopic (exact) mass is 507 g/mol. The minimum Gasteiger partial charge on any atom is -0.383 e. The van der Waals surface area contributed by atoms with Crippen LogP contribution in [-0.2, 0) is 5.60 Å². The van der Waals surface area contributed by atoms with E-state index in [1.54, 1.807) is 30.4 Å². The normalized spacial score (nSPS) is 17.6. The van der Waals surface area contributed by atoms with Gasteiger partial charge in [-0.2, -0.15) is 0 Å². The van der Waals surface area contributed by atoms with Gasteiger partial charge in [0.15, 0.2) is 11.1 Å². The first-order valence-corrected chi connectivity index (χ1v) is 9.40. The van der Waals surface area contributed by atoms with Gasteiger partial charge in [-0.25, -0.2) is 9.98 Å². The van der Waals surface area contributed by atoms with Crippen molar-refractivity contribution in [3.63, 3.8) is 0 Å². The van der Waals surface area contributed by atoms with Crippen LogP contribution in [0.4, 0.5) is 5.13 Å². The molecule has 1 atom stereocenters. The Morgan fingerprint density at radius 2 is 2.04 bits per heavy atom. The summed E-state index contributed by atoms with van der Waals surface area (Å²) in [5.41, 5.74) is 5.63. The van der Waals surface area contributed by atoms with Gasteiger partial charge in [0.05, 0.1) is 6.54 Å². The predicted octanol–water partition coefficient (Wildman–Crippen LogP) is 2.76. The van der Waals surface area contributed by atoms with Crippen LogP contribution >= 0.6 is 46.9 Å². The first-order chi connectivity index (χ1) is 12.0. The Balaban J connectivity index is 0.00000243. The second kappa shape index (κ2) is 9.20. The highest BCUT2D eigenvalue weighted by Crippen LogP contribution is 2.28. The molecule has 1 aromatic heterocycles. The van der Waals surface area contributed by atoms with Crippen molar-refractivity contribution in [1.82, 2.24) is 9.88 Å². The molecule has 6 nitrogen and oxygen atoms in total. The largest absolute Gasteiger partial charge is 0.383 e. The first kappa shape index (κ1) is 21.2. The topological polar surface area (TPSA) is 78.0 Å². The van der Waals surface area contributed by atoms with Gasteiger partial charge < -0.3 is 20.6 Å². The SMILES string of the molecule is CC(O)(CN=C(N)N1CCN(c2nccs2)CC1)c1ccccc1Cl.I. The minimum atomic E-state index is -1.16. The van der Waals surface area contributed by atoms with E-state index in [9.17, 15) is 5.11 Å². The van der Waals surface area contributed by atoms with Crippen LogP contribution in [0.3, 0.4) is 0 Å². The fourth-order valence-electron chi connectivity index (χ4n) is 2.82. The molecule has 0 spiro atoms. The molecule has 1 fully saturated rings. The molecule has 1 aliphatic rings. The highest BCUT2D eigenvalue weighted by molar-refractivity contribution is 14.0. The molecule has 1 unspecified atom stereocenters. The molecule has 26 heavy (non-hydrogen) atoms. The zero-order chi connectivity index (χ0) is 17.9. The van der Waals surface area contributed by atoms with Crippen molar-refractivity contribution in [2.45, 2.75) is 12.5 Å². The molecule has 9 heteroatoms. The number of nitrogens with two attached hydrogens (primary N) is 1. The lowest BCUT2D eigenvalue weighted by molar-refractivity contribution is 0.0671. The van der Waals surface area contributed by atoms with Gasteiger partial charge in [-0.15, -0.1) is 35.3 Å². The van der Waals surface area contributed by atoms with E-state index in [4.69, 9.17) is 17.3 Å². The molecular formula is C17H23ClIN5OS. The standard InChI is InChI=1S/C17H22ClN5OS.HI/c1-17(24,13-4-2-3-5-14(13)18)12-21-15(19)22-7-9-23(10-8-22)16-20-6-11-25-16;/h2-6,11,24H,7-10,12H2,1H3,(H2,19,21);1H. The van der Waals surface area contributed by atoms with E-state index in [-0.39, 0.29) is 30.5 Å². The van der Waals surface area contributed by atoms with Gasteiger partial charge in [0, 0.05) is 48.3 Å². The third-order valence-electron chi connectivity index (χ3n) is 4.30. The zero-order valence-electron chi connectivity index (χ0n) is 14.5. The fourth-order valence-corrected chi connectivity index (χ4v) is 3.85. The number of hydrogen-bond donors (Lipinski definition) is 2. The number of aliphatic imine (C=N–C) groups is 1. The van der Waals surface area contributed by atoms with Gasteiger partial charge in [0.1, 0.15) is 5.60 Å². The Kier molecular flexibility index (Phi) is 7.51. The molecule has 0 bridgehead atoms. The average molecular weight is 508 g/mol. The van der Waals surface area contributed by atoms with E-state index in [1.807, 2.05) is 28.6 Å². The van der Waals surface area contributed by atoms with Crippen molar-refractivity contribution < 1.29 is 5.11 Å². The molecule has 3 rings (SSSR count). The molecule has 3 N–H and O–H groups in total. The number of piperazine rings is 1. The number of aromatic nitrogens is 1. The molecular weight excluding hydrogens is 485 g/mol. The summed E-state index contributed by atoms with van der Waals surface area (Å²) in [5.74, 6) is 0.450. The average Bonchev–Trinajstić information content (AvgIpc) is 3.15. The molecule has 0 radical (unpaired) electrons. The van der Waals surface area contributed by atoms with Crippen LogP contribution in [0.1, 0.15) is 12.5 Å². The number of thiazole rings is 1. The number of nitrogens with zero attached hydrogens (tertiary/aromatic N) is 4. The van der Waals surface area contributed by atoms with Crippen molar-refractivity contribution in [1.29, 1.82) is 0 Å². The summed E-state index contributed by atoms with van der Waals surface area (Å²) in [6.07, 6.45) is 1.82. The number of halogens is 2. The van der Waals surface area contributed by atoms with Crippen LogP contribution in [0, 0.1) is 0 Å². The lowest BCUT2D eigenvalue weighted by Crippen LogP contribution is -2.51. The van der Waals surface area contributed by atoms with E-state index in [2.05, 4.69) is 14.9 Å². The summed E-state index contributed by atoms with van der Waals surface area (Å²) in [4.78, 5) is 13.0. The number of benzene rings is 1. The molecule has 1 saturated heterocycles. The second-order valence-electron chi connectivity index (χ2n) is 6.22. The number of anilines is 1. The van der Waals surface area contributed by atoms with Crippen molar-refractivity contribution >= 4 is 58.0 Å². The van der Waals surface area contributed by atoms with Crippen molar-refractivity contribution in [3.05, 3.63) is 46.4 Å². The quantitative estimate of drug-likeness (QED) is 0.378.